The van der Waals surface area contributed by atoms with E-state index >= 15 is 0 Å². The van der Waals surface area contributed by atoms with Crippen LogP contribution in [0.25, 0.3) is 0 Å². The molecule has 0 aliphatic heterocycles. The van der Waals surface area contributed by atoms with Gasteiger partial charge in [0.15, 0.2) is 0 Å². The van der Waals surface area contributed by atoms with Crippen LogP contribution in [0.15, 0.2) is 0 Å². The molecular formula is C16H27F5O2S. The summed E-state index contributed by atoms with van der Waals surface area (Å²) in [6.45, 7) is 4.26. The molecule has 0 aliphatic rings. The number of rotatable bonds is 14. The molecule has 0 N–H and O–H groups in total. The number of thioether (sulfide) groups is 1. The summed E-state index contributed by atoms with van der Waals surface area (Å²) in [5, 5.41) is -0.452. The molecule has 0 saturated carbocycles. The number of alkyl halides is 5. The largest absolute Gasteiger partial charge is 0.465 e. The third-order valence-electron chi connectivity index (χ3n) is 3.42. The van der Waals surface area contributed by atoms with Crippen molar-refractivity contribution in [1.82, 2.24) is 0 Å². The van der Waals surface area contributed by atoms with Gasteiger partial charge in [-0.2, -0.15) is 0 Å². The van der Waals surface area contributed by atoms with E-state index in [0.717, 1.165) is 25.7 Å². The number of carbonyl (C=O) groups is 1. The maximum absolute atomic E-state index is 13.2. The van der Waals surface area contributed by atoms with E-state index in [1.54, 1.807) is 0 Å². The van der Waals surface area contributed by atoms with Crippen molar-refractivity contribution in [3.63, 3.8) is 0 Å². The summed E-state index contributed by atoms with van der Waals surface area (Å²) in [6.07, 6.45) is -4.34. The lowest BCUT2D eigenvalue weighted by atomic mass is 10.1. The van der Waals surface area contributed by atoms with Crippen LogP contribution in [0.2, 0.25) is 0 Å². The van der Waals surface area contributed by atoms with E-state index in [4.69, 9.17) is 4.74 Å². The van der Waals surface area contributed by atoms with Gasteiger partial charge < -0.3 is 4.74 Å². The number of unbranched alkanes of at least 4 members (excludes halogenated alkanes) is 2. The minimum atomic E-state index is -4.05. The average molecular weight is 378 g/mol. The number of ether oxygens (including phenoxy) is 1. The fourth-order valence-electron chi connectivity index (χ4n) is 1.92. The van der Waals surface area contributed by atoms with Crippen LogP contribution in [-0.4, -0.2) is 42.1 Å². The van der Waals surface area contributed by atoms with E-state index in [2.05, 4.69) is 0 Å². The van der Waals surface area contributed by atoms with Gasteiger partial charge in [-0.1, -0.05) is 33.1 Å². The van der Waals surface area contributed by atoms with Gasteiger partial charge in [0.25, 0.3) is 12.3 Å². The second-order valence-corrected chi connectivity index (χ2v) is 6.93. The third-order valence-corrected chi connectivity index (χ3v) is 4.78. The van der Waals surface area contributed by atoms with Gasteiger partial charge in [-0.05, 0) is 25.0 Å². The van der Waals surface area contributed by atoms with Crippen LogP contribution in [0.1, 0.15) is 58.8 Å². The molecule has 0 aromatic carbocycles. The maximum atomic E-state index is 13.2. The first-order valence-corrected chi connectivity index (χ1v) is 9.39. The van der Waals surface area contributed by atoms with Gasteiger partial charge in [0, 0.05) is 6.42 Å². The summed E-state index contributed by atoms with van der Waals surface area (Å²) in [5.74, 6) is -4.25. The quantitative estimate of drug-likeness (QED) is 0.222. The zero-order chi connectivity index (χ0) is 18.6. The molecule has 24 heavy (non-hydrogen) atoms. The van der Waals surface area contributed by atoms with Crippen molar-refractivity contribution in [3.05, 3.63) is 0 Å². The third kappa shape index (κ3) is 9.69. The van der Waals surface area contributed by atoms with Gasteiger partial charge in [0.2, 0.25) is 6.17 Å². The highest BCUT2D eigenvalue weighted by atomic mass is 32.2. The fraction of sp³-hybridized carbons (Fsp3) is 0.938. The first-order chi connectivity index (χ1) is 11.3. The van der Waals surface area contributed by atoms with Gasteiger partial charge in [-0.3, -0.25) is 4.79 Å². The molecule has 0 rings (SSSR count). The average Bonchev–Trinajstić information content (AvgIpc) is 2.53. The Labute approximate surface area is 144 Å². The molecule has 2 unspecified atom stereocenters. The molecule has 2 nitrogen and oxygen atoms in total. The topological polar surface area (TPSA) is 26.3 Å². The van der Waals surface area contributed by atoms with Gasteiger partial charge in [0.05, 0.1) is 6.61 Å². The Morgan fingerprint density at radius 3 is 2.25 bits per heavy atom. The zero-order valence-electron chi connectivity index (χ0n) is 14.2. The van der Waals surface area contributed by atoms with Crippen molar-refractivity contribution in [2.75, 3.05) is 12.4 Å². The molecule has 0 saturated heterocycles. The highest BCUT2D eigenvalue weighted by molar-refractivity contribution is 8.00. The monoisotopic (exact) mass is 378 g/mol. The molecule has 0 fully saturated rings. The second kappa shape index (κ2) is 12.8. The van der Waals surface area contributed by atoms with Crippen LogP contribution >= 0.6 is 11.8 Å². The van der Waals surface area contributed by atoms with Crippen LogP contribution in [-0.2, 0) is 9.53 Å². The van der Waals surface area contributed by atoms with E-state index in [1.165, 1.54) is 11.8 Å². The predicted molar refractivity (Wildman–Crippen MR) is 86.7 cm³/mol. The highest BCUT2D eigenvalue weighted by Crippen LogP contribution is 2.32. The van der Waals surface area contributed by atoms with Crippen LogP contribution in [0.3, 0.4) is 0 Å². The molecule has 0 radical (unpaired) electrons. The molecule has 0 amide bonds. The van der Waals surface area contributed by atoms with E-state index in [0.29, 0.717) is 13.0 Å². The summed E-state index contributed by atoms with van der Waals surface area (Å²) in [7, 11) is 0. The Balaban J connectivity index is 4.28. The van der Waals surface area contributed by atoms with Crippen molar-refractivity contribution in [2.24, 2.45) is 0 Å². The van der Waals surface area contributed by atoms with Crippen molar-refractivity contribution >= 4 is 17.7 Å². The lowest BCUT2D eigenvalue weighted by Gasteiger charge is -2.20. The normalized spacial score (nSPS) is 14.7. The Morgan fingerprint density at radius 1 is 1.08 bits per heavy atom. The van der Waals surface area contributed by atoms with E-state index in [1.807, 2.05) is 13.8 Å². The van der Waals surface area contributed by atoms with Gasteiger partial charge in [0.1, 0.15) is 5.25 Å². The SMILES string of the molecule is CCCCOC(=O)C(CCCC)SCCCC(F)(F)C(F)C(F)F. The molecule has 144 valence electrons. The molecule has 0 heterocycles. The van der Waals surface area contributed by atoms with E-state index in [-0.39, 0.29) is 18.1 Å². The van der Waals surface area contributed by atoms with Gasteiger partial charge in [-0.15, -0.1) is 11.8 Å². The van der Waals surface area contributed by atoms with Gasteiger partial charge in [-0.25, -0.2) is 22.0 Å². The van der Waals surface area contributed by atoms with Crippen LogP contribution in [0, 0.1) is 0 Å². The summed E-state index contributed by atoms with van der Waals surface area (Å²) in [5.41, 5.74) is 0. The summed E-state index contributed by atoms with van der Waals surface area (Å²) >= 11 is 1.17. The lowest BCUT2D eigenvalue weighted by Crippen LogP contribution is -2.35. The van der Waals surface area contributed by atoms with Gasteiger partial charge >= 0.3 is 5.97 Å². The van der Waals surface area contributed by atoms with Crippen LogP contribution < -0.4 is 0 Å². The summed E-state index contributed by atoms with van der Waals surface area (Å²) in [4.78, 5) is 12.0. The number of halogens is 5. The summed E-state index contributed by atoms with van der Waals surface area (Å²) < 4.78 is 68.4. The van der Waals surface area contributed by atoms with E-state index in [9.17, 15) is 26.7 Å². The first kappa shape index (κ1) is 23.5. The molecule has 0 aromatic heterocycles. The Kier molecular flexibility index (Phi) is 12.5. The minimum Gasteiger partial charge on any atom is -0.465 e. The second-order valence-electron chi connectivity index (χ2n) is 5.62. The fourth-order valence-corrected chi connectivity index (χ4v) is 3.06. The predicted octanol–water partition coefficient (Wildman–Crippen LogP) is 5.64. The molecule has 0 bridgehead atoms. The smallest absolute Gasteiger partial charge is 0.319 e. The maximum Gasteiger partial charge on any atom is 0.319 e. The van der Waals surface area contributed by atoms with Crippen molar-refractivity contribution < 1.29 is 31.5 Å². The molecule has 0 spiro atoms. The molecule has 0 aromatic rings. The van der Waals surface area contributed by atoms with Crippen LogP contribution in [0.5, 0.6) is 0 Å². The Hall–Kier alpha value is -0.530. The Morgan fingerprint density at radius 2 is 1.71 bits per heavy atom. The van der Waals surface area contributed by atoms with Crippen molar-refractivity contribution in [2.45, 2.75) is 82.6 Å². The standard InChI is InChI=1S/C16H27F5O2S/c1-3-5-8-12(15(22)23-10-6-4-2)24-11-7-9-16(20,21)13(17)14(18)19/h12-14H,3-11H2,1-2H3. The lowest BCUT2D eigenvalue weighted by molar-refractivity contribution is -0.143. The van der Waals surface area contributed by atoms with Crippen LogP contribution in [0.4, 0.5) is 22.0 Å². The molecule has 2 atom stereocenters. The van der Waals surface area contributed by atoms with Crippen molar-refractivity contribution in [1.29, 1.82) is 0 Å². The minimum absolute atomic E-state index is 0.143. The highest BCUT2D eigenvalue weighted by Gasteiger charge is 2.45. The number of carbonyl (C=O) groups excluding carboxylic acids is 1. The summed E-state index contributed by atoms with van der Waals surface area (Å²) in [6, 6.07) is 0. The Bertz CT molecular complexity index is 342. The number of hydrogen-bond donors (Lipinski definition) is 0. The molecule has 8 heteroatoms. The first-order valence-electron chi connectivity index (χ1n) is 8.34. The number of esters is 1. The molecular weight excluding hydrogens is 351 g/mol. The number of hydrogen-bond acceptors (Lipinski definition) is 3. The van der Waals surface area contributed by atoms with Crippen molar-refractivity contribution in [3.8, 4) is 0 Å². The van der Waals surface area contributed by atoms with E-state index < -0.39 is 30.2 Å². The molecule has 0 aliphatic carbocycles. The zero-order valence-corrected chi connectivity index (χ0v) is 15.0.